The number of esters is 4. The molecule has 228 valence electrons. The maximum Gasteiger partial charge on any atom is 0.338 e. The first-order valence-corrected chi connectivity index (χ1v) is 13.8. The van der Waals surface area contributed by atoms with Crippen molar-refractivity contribution in [1.82, 2.24) is 19.9 Å². The summed E-state index contributed by atoms with van der Waals surface area (Å²) in [4.78, 5) is 63.7. The number of hydrogen-bond donors (Lipinski definition) is 0. The lowest BCUT2D eigenvalue weighted by atomic mass is 10.1. The molecule has 4 heterocycles. The number of carbonyl (C=O) groups excluding carboxylic acids is 4. The van der Waals surface area contributed by atoms with Gasteiger partial charge < -0.3 is 18.9 Å². The van der Waals surface area contributed by atoms with Gasteiger partial charge in [-0.25, -0.2) is 19.2 Å². The van der Waals surface area contributed by atoms with Crippen LogP contribution in [0.15, 0.2) is 73.3 Å². The molecule has 0 N–H and O–H groups in total. The summed E-state index contributed by atoms with van der Waals surface area (Å²) in [6.45, 7) is 8.16. The molecule has 0 amide bonds. The quantitative estimate of drug-likeness (QED) is 0.178. The normalized spacial score (nSPS) is 10.1. The summed E-state index contributed by atoms with van der Waals surface area (Å²) in [5.41, 5.74) is 3.47. The van der Waals surface area contributed by atoms with Crippen molar-refractivity contribution in [2.75, 3.05) is 26.4 Å². The summed E-state index contributed by atoms with van der Waals surface area (Å²) in [7, 11) is 0. The number of rotatable bonds is 10. The van der Waals surface area contributed by atoms with Gasteiger partial charge in [-0.15, -0.1) is 0 Å². The molecule has 0 unspecified atom stereocenters. The van der Waals surface area contributed by atoms with E-state index in [0.29, 0.717) is 71.5 Å². The molecule has 0 saturated heterocycles. The van der Waals surface area contributed by atoms with Crippen LogP contribution in [-0.4, -0.2) is 70.2 Å². The molecule has 0 aliphatic carbocycles. The smallest absolute Gasteiger partial charge is 0.338 e. The number of carbonyl (C=O) groups is 4. The topological polar surface area (TPSA) is 157 Å². The molecule has 12 nitrogen and oxygen atoms in total. The average Bonchev–Trinajstić information content (AvgIpc) is 3.06. The predicted octanol–water partition coefficient (Wildman–Crippen LogP) is 4.99. The van der Waals surface area contributed by atoms with E-state index < -0.39 is 23.9 Å². The van der Waals surface area contributed by atoms with Gasteiger partial charge in [0.25, 0.3) is 0 Å². The fourth-order valence-electron chi connectivity index (χ4n) is 3.65. The lowest BCUT2D eigenvalue weighted by Crippen LogP contribution is -2.06. The molecule has 0 radical (unpaired) electrons. The van der Waals surface area contributed by atoms with Gasteiger partial charge in [0.2, 0.25) is 0 Å². The van der Waals surface area contributed by atoms with Gasteiger partial charge in [0, 0.05) is 24.8 Å². The first-order chi connectivity index (χ1) is 21.3. The van der Waals surface area contributed by atoms with Gasteiger partial charge in [-0.05, 0) is 76.2 Å². The van der Waals surface area contributed by atoms with E-state index in [1.165, 1.54) is 24.8 Å². The Labute approximate surface area is 254 Å². The van der Waals surface area contributed by atoms with Crippen molar-refractivity contribution in [2.24, 2.45) is 0 Å². The van der Waals surface area contributed by atoms with Crippen LogP contribution in [0.2, 0.25) is 0 Å². The molecule has 0 spiro atoms. The highest BCUT2D eigenvalue weighted by atomic mass is 16.5. The van der Waals surface area contributed by atoms with Gasteiger partial charge in [0.15, 0.2) is 0 Å². The lowest BCUT2D eigenvalue weighted by Gasteiger charge is -2.06. The zero-order valence-electron chi connectivity index (χ0n) is 24.8. The van der Waals surface area contributed by atoms with Crippen molar-refractivity contribution in [1.29, 1.82) is 0 Å². The summed E-state index contributed by atoms with van der Waals surface area (Å²) < 4.78 is 19.8. The molecular weight excluding hydrogens is 568 g/mol. The van der Waals surface area contributed by atoms with E-state index in [2.05, 4.69) is 19.9 Å². The highest BCUT2D eigenvalue weighted by molar-refractivity contribution is 5.93. The van der Waals surface area contributed by atoms with Gasteiger partial charge in [-0.2, -0.15) is 0 Å². The van der Waals surface area contributed by atoms with Gasteiger partial charge in [0.1, 0.15) is 0 Å². The predicted molar refractivity (Wildman–Crippen MR) is 159 cm³/mol. The molecule has 0 aromatic carbocycles. The minimum absolute atomic E-state index is 0.299. The molecule has 4 aromatic rings. The molecule has 0 atom stereocenters. The second-order valence-corrected chi connectivity index (χ2v) is 8.60. The Hall–Kier alpha value is -5.52. The second-order valence-electron chi connectivity index (χ2n) is 8.60. The molecule has 0 fully saturated rings. The van der Waals surface area contributed by atoms with Crippen LogP contribution in [-0.2, 0) is 18.9 Å². The maximum absolute atomic E-state index is 11.7. The van der Waals surface area contributed by atoms with E-state index in [0.717, 1.165) is 0 Å². The first-order valence-electron chi connectivity index (χ1n) is 13.8. The van der Waals surface area contributed by atoms with Crippen LogP contribution < -0.4 is 0 Å². The first kappa shape index (κ1) is 33.0. The van der Waals surface area contributed by atoms with Gasteiger partial charge in [0.05, 0.1) is 71.5 Å². The largest absolute Gasteiger partial charge is 0.462 e. The van der Waals surface area contributed by atoms with Crippen molar-refractivity contribution in [3.8, 4) is 22.8 Å². The van der Waals surface area contributed by atoms with Crippen molar-refractivity contribution in [2.45, 2.75) is 27.7 Å². The van der Waals surface area contributed by atoms with Gasteiger partial charge in [-0.3, -0.25) is 19.9 Å². The number of ether oxygens (including phenoxy) is 4. The monoisotopic (exact) mass is 600 g/mol. The fourth-order valence-corrected chi connectivity index (χ4v) is 3.65. The van der Waals surface area contributed by atoms with Gasteiger partial charge in [-0.1, -0.05) is 0 Å². The second kappa shape index (κ2) is 16.8. The third kappa shape index (κ3) is 9.24. The summed E-state index contributed by atoms with van der Waals surface area (Å²) >= 11 is 0. The Morgan fingerprint density at radius 3 is 0.818 bits per heavy atom. The van der Waals surface area contributed by atoms with Crippen molar-refractivity contribution in [3.05, 3.63) is 95.6 Å². The third-order valence-electron chi connectivity index (χ3n) is 5.61. The summed E-state index contributed by atoms with van der Waals surface area (Å²) in [6, 6.07) is 12.6. The molecular formula is C32H32N4O8. The number of pyridine rings is 4. The lowest BCUT2D eigenvalue weighted by molar-refractivity contribution is 0.0516. The molecule has 4 aromatic heterocycles. The van der Waals surface area contributed by atoms with Crippen molar-refractivity contribution < 1.29 is 38.1 Å². The van der Waals surface area contributed by atoms with Crippen LogP contribution in [0, 0.1) is 0 Å². The molecule has 0 saturated carbocycles. The van der Waals surface area contributed by atoms with Crippen LogP contribution in [0.25, 0.3) is 22.8 Å². The van der Waals surface area contributed by atoms with Gasteiger partial charge >= 0.3 is 23.9 Å². The zero-order chi connectivity index (χ0) is 31.9. The Balaban J connectivity index is 0.000000240. The summed E-state index contributed by atoms with van der Waals surface area (Å²) in [5.74, 6) is -1.69. The Bertz CT molecular complexity index is 1370. The molecule has 4 rings (SSSR count). The summed E-state index contributed by atoms with van der Waals surface area (Å²) in [6.07, 6.45) is 6.00. The maximum atomic E-state index is 11.7. The zero-order valence-corrected chi connectivity index (χ0v) is 24.8. The van der Waals surface area contributed by atoms with E-state index in [1.807, 2.05) is 0 Å². The Morgan fingerprint density at radius 1 is 0.432 bits per heavy atom. The third-order valence-corrected chi connectivity index (χ3v) is 5.61. The van der Waals surface area contributed by atoms with Crippen LogP contribution in [0.5, 0.6) is 0 Å². The van der Waals surface area contributed by atoms with Crippen LogP contribution >= 0.6 is 0 Å². The molecule has 0 aliphatic heterocycles. The average molecular weight is 601 g/mol. The highest BCUT2D eigenvalue weighted by Crippen LogP contribution is 2.19. The van der Waals surface area contributed by atoms with Crippen LogP contribution in [0.4, 0.5) is 0 Å². The van der Waals surface area contributed by atoms with Crippen LogP contribution in [0.3, 0.4) is 0 Å². The minimum atomic E-state index is -0.423. The number of nitrogens with zero attached hydrogens (tertiary/aromatic N) is 4. The highest BCUT2D eigenvalue weighted by Gasteiger charge is 2.14. The van der Waals surface area contributed by atoms with E-state index in [4.69, 9.17) is 18.9 Å². The standard InChI is InChI=1S/2C16H16N2O4/c2*1-3-21-15(19)11-5-7-17-13(9-11)14-10-12(6-8-18-14)16(20)22-4-2/h2*5-10H,3-4H2,1-2H3. The van der Waals surface area contributed by atoms with Crippen LogP contribution in [0.1, 0.15) is 69.1 Å². The van der Waals surface area contributed by atoms with E-state index in [1.54, 1.807) is 76.2 Å². The molecule has 12 heteroatoms. The fraction of sp³-hybridized carbons (Fsp3) is 0.250. The number of hydrogen-bond acceptors (Lipinski definition) is 12. The Morgan fingerprint density at radius 2 is 0.636 bits per heavy atom. The molecule has 0 bridgehead atoms. The molecule has 0 aliphatic rings. The van der Waals surface area contributed by atoms with E-state index >= 15 is 0 Å². The van der Waals surface area contributed by atoms with Crippen molar-refractivity contribution >= 4 is 23.9 Å². The minimum Gasteiger partial charge on any atom is -0.462 e. The van der Waals surface area contributed by atoms with Crippen molar-refractivity contribution in [3.63, 3.8) is 0 Å². The number of aromatic nitrogens is 4. The van der Waals surface area contributed by atoms with E-state index in [-0.39, 0.29) is 0 Å². The summed E-state index contributed by atoms with van der Waals surface area (Å²) in [5, 5.41) is 0. The Kier molecular flexibility index (Phi) is 12.6. The van der Waals surface area contributed by atoms with E-state index in [9.17, 15) is 19.2 Å². The SMILES string of the molecule is CCOC(=O)c1ccnc(-c2cc(C(=O)OCC)ccn2)c1.CCOC(=O)c1ccnc(-c2cc(C(=O)OCC)ccn2)c1. The molecule has 44 heavy (non-hydrogen) atoms.